The second-order valence-corrected chi connectivity index (χ2v) is 3.64. The molecule has 0 spiro atoms. The SMILES string of the molecule is NCc1c(F)ccc2c1C1CC1O2. The molecule has 2 nitrogen and oxygen atoms in total. The zero-order valence-corrected chi connectivity index (χ0v) is 7.09. The van der Waals surface area contributed by atoms with Crippen molar-refractivity contribution in [1.82, 2.24) is 0 Å². The molecule has 0 aromatic heterocycles. The summed E-state index contributed by atoms with van der Waals surface area (Å²) in [7, 11) is 0. The average Bonchev–Trinajstić information content (AvgIpc) is 2.80. The maximum absolute atomic E-state index is 13.3. The molecule has 1 fully saturated rings. The second-order valence-electron chi connectivity index (χ2n) is 3.64. The highest BCUT2D eigenvalue weighted by molar-refractivity contribution is 5.51. The zero-order valence-electron chi connectivity index (χ0n) is 7.09. The third-order valence-electron chi connectivity index (χ3n) is 2.85. The Morgan fingerprint density at radius 1 is 1.54 bits per heavy atom. The van der Waals surface area contributed by atoms with Gasteiger partial charge in [0.25, 0.3) is 0 Å². The summed E-state index contributed by atoms with van der Waals surface area (Å²) in [6, 6.07) is 3.14. The Kier molecular flexibility index (Phi) is 1.26. The lowest BCUT2D eigenvalue weighted by Crippen LogP contribution is -2.03. The highest BCUT2D eigenvalue weighted by Crippen LogP contribution is 2.54. The molecule has 2 atom stereocenters. The molecule has 0 radical (unpaired) electrons. The number of fused-ring (bicyclic) bond motifs is 3. The van der Waals surface area contributed by atoms with Crippen molar-refractivity contribution in [2.75, 3.05) is 0 Å². The van der Waals surface area contributed by atoms with Crippen molar-refractivity contribution in [3.63, 3.8) is 0 Å². The fourth-order valence-corrected chi connectivity index (χ4v) is 2.10. The molecule has 3 rings (SSSR count). The van der Waals surface area contributed by atoms with Crippen molar-refractivity contribution in [3.05, 3.63) is 29.1 Å². The van der Waals surface area contributed by atoms with Crippen LogP contribution in [0, 0.1) is 5.82 Å². The van der Waals surface area contributed by atoms with Crippen LogP contribution in [0.25, 0.3) is 0 Å². The van der Waals surface area contributed by atoms with Gasteiger partial charge in [0.15, 0.2) is 0 Å². The average molecular weight is 179 g/mol. The third-order valence-corrected chi connectivity index (χ3v) is 2.85. The molecule has 1 aliphatic heterocycles. The predicted octanol–water partition coefficient (Wildman–Crippen LogP) is 1.53. The van der Waals surface area contributed by atoms with Crippen LogP contribution in [-0.4, -0.2) is 6.10 Å². The standard InChI is InChI=1S/C10H10FNO/c11-7-1-2-8-10(6(7)4-12)5-3-9(5)13-8/h1-2,5,9H,3-4,12H2. The molecule has 68 valence electrons. The first kappa shape index (κ1) is 7.33. The minimum Gasteiger partial charge on any atom is -0.489 e. The molecule has 1 aromatic rings. The van der Waals surface area contributed by atoms with Gasteiger partial charge in [-0.1, -0.05) is 0 Å². The molecular formula is C10H10FNO. The first-order chi connectivity index (χ1) is 6.31. The van der Waals surface area contributed by atoms with Crippen molar-refractivity contribution in [2.24, 2.45) is 5.73 Å². The van der Waals surface area contributed by atoms with Gasteiger partial charge >= 0.3 is 0 Å². The molecule has 2 N–H and O–H groups in total. The van der Waals surface area contributed by atoms with E-state index in [9.17, 15) is 4.39 Å². The van der Waals surface area contributed by atoms with Crippen molar-refractivity contribution in [2.45, 2.75) is 25.0 Å². The molecular weight excluding hydrogens is 169 g/mol. The summed E-state index contributed by atoms with van der Waals surface area (Å²) in [6.45, 7) is 0.265. The molecule has 2 aliphatic rings. The van der Waals surface area contributed by atoms with E-state index in [1.165, 1.54) is 6.07 Å². The summed E-state index contributed by atoms with van der Waals surface area (Å²) in [5.74, 6) is 1.06. The Morgan fingerprint density at radius 2 is 2.38 bits per heavy atom. The van der Waals surface area contributed by atoms with E-state index >= 15 is 0 Å². The van der Waals surface area contributed by atoms with E-state index in [4.69, 9.17) is 10.5 Å². The Balaban J connectivity index is 2.21. The van der Waals surface area contributed by atoms with Crippen LogP contribution in [0.4, 0.5) is 4.39 Å². The lowest BCUT2D eigenvalue weighted by atomic mass is 10.0. The number of hydrogen-bond donors (Lipinski definition) is 1. The number of halogens is 1. The highest BCUT2D eigenvalue weighted by Gasteiger charge is 2.49. The summed E-state index contributed by atoms with van der Waals surface area (Å²) in [6.07, 6.45) is 1.34. The molecule has 1 aliphatic carbocycles. The minimum atomic E-state index is -0.197. The molecule has 0 saturated heterocycles. The van der Waals surface area contributed by atoms with Crippen LogP contribution < -0.4 is 10.5 Å². The van der Waals surface area contributed by atoms with Crippen molar-refractivity contribution < 1.29 is 9.13 Å². The summed E-state index contributed by atoms with van der Waals surface area (Å²) in [4.78, 5) is 0. The summed E-state index contributed by atoms with van der Waals surface area (Å²) in [5.41, 5.74) is 7.17. The van der Waals surface area contributed by atoms with Crippen LogP contribution in [0.5, 0.6) is 5.75 Å². The van der Waals surface area contributed by atoms with E-state index in [2.05, 4.69) is 0 Å². The maximum atomic E-state index is 13.3. The highest BCUT2D eigenvalue weighted by atomic mass is 19.1. The summed E-state index contributed by atoms with van der Waals surface area (Å²) < 4.78 is 18.9. The van der Waals surface area contributed by atoms with Gasteiger partial charge in [-0.15, -0.1) is 0 Å². The van der Waals surface area contributed by atoms with Gasteiger partial charge < -0.3 is 10.5 Å². The van der Waals surface area contributed by atoms with Crippen LogP contribution in [0.3, 0.4) is 0 Å². The van der Waals surface area contributed by atoms with Gasteiger partial charge in [-0.05, 0) is 18.6 Å². The van der Waals surface area contributed by atoms with Gasteiger partial charge in [0.1, 0.15) is 17.7 Å². The van der Waals surface area contributed by atoms with Gasteiger partial charge in [-0.25, -0.2) is 4.39 Å². The van der Waals surface area contributed by atoms with Gasteiger partial charge in [0.05, 0.1) is 0 Å². The molecule has 13 heavy (non-hydrogen) atoms. The molecule has 1 saturated carbocycles. The number of nitrogens with two attached hydrogens (primary N) is 1. The van der Waals surface area contributed by atoms with Gasteiger partial charge in [-0.2, -0.15) is 0 Å². The van der Waals surface area contributed by atoms with Crippen molar-refractivity contribution in [3.8, 4) is 5.75 Å². The van der Waals surface area contributed by atoms with E-state index in [1.807, 2.05) is 0 Å². The molecule has 1 heterocycles. The lowest BCUT2D eigenvalue weighted by Gasteiger charge is -2.08. The Labute approximate surface area is 75.5 Å². The summed E-state index contributed by atoms with van der Waals surface area (Å²) in [5, 5.41) is 0. The third kappa shape index (κ3) is 0.851. The van der Waals surface area contributed by atoms with Crippen LogP contribution >= 0.6 is 0 Å². The van der Waals surface area contributed by atoms with Gasteiger partial charge in [0.2, 0.25) is 0 Å². The lowest BCUT2D eigenvalue weighted by molar-refractivity contribution is 0.318. The minimum absolute atomic E-state index is 0.197. The van der Waals surface area contributed by atoms with Crippen LogP contribution in [0.1, 0.15) is 23.5 Å². The first-order valence-electron chi connectivity index (χ1n) is 4.49. The maximum Gasteiger partial charge on any atom is 0.128 e. The Bertz CT molecular complexity index is 377. The molecule has 2 unspecified atom stereocenters. The van der Waals surface area contributed by atoms with Gasteiger partial charge in [-0.3, -0.25) is 0 Å². The second kappa shape index (κ2) is 2.23. The Morgan fingerprint density at radius 3 is 3.15 bits per heavy atom. The number of rotatable bonds is 1. The van der Waals surface area contributed by atoms with Crippen molar-refractivity contribution >= 4 is 0 Å². The number of hydrogen-bond acceptors (Lipinski definition) is 2. The zero-order chi connectivity index (χ0) is 9.00. The van der Waals surface area contributed by atoms with E-state index in [0.29, 0.717) is 17.6 Å². The smallest absolute Gasteiger partial charge is 0.128 e. The van der Waals surface area contributed by atoms with E-state index in [-0.39, 0.29) is 12.4 Å². The van der Waals surface area contributed by atoms with Crippen LogP contribution in [0.15, 0.2) is 12.1 Å². The topological polar surface area (TPSA) is 35.2 Å². The van der Waals surface area contributed by atoms with E-state index in [1.54, 1.807) is 6.07 Å². The predicted molar refractivity (Wildman–Crippen MR) is 46.1 cm³/mol. The van der Waals surface area contributed by atoms with E-state index in [0.717, 1.165) is 17.7 Å². The molecule has 3 heteroatoms. The van der Waals surface area contributed by atoms with Gasteiger partial charge in [0, 0.05) is 23.6 Å². The fraction of sp³-hybridized carbons (Fsp3) is 0.400. The largest absolute Gasteiger partial charge is 0.489 e. The fourth-order valence-electron chi connectivity index (χ4n) is 2.10. The molecule has 1 aromatic carbocycles. The van der Waals surface area contributed by atoms with Crippen LogP contribution in [0.2, 0.25) is 0 Å². The molecule has 0 amide bonds. The van der Waals surface area contributed by atoms with Crippen molar-refractivity contribution in [1.29, 1.82) is 0 Å². The normalized spacial score (nSPS) is 27.8. The molecule has 0 bridgehead atoms. The Hall–Kier alpha value is -1.09. The quantitative estimate of drug-likeness (QED) is 0.709. The van der Waals surface area contributed by atoms with Crippen LogP contribution in [-0.2, 0) is 6.54 Å². The monoisotopic (exact) mass is 179 g/mol. The first-order valence-corrected chi connectivity index (χ1v) is 4.49. The number of benzene rings is 1. The number of ether oxygens (including phenoxy) is 1. The van der Waals surface area contributed by atoms with E-state index < -0.39 is 0 Å². The summed E-state index contributed by atoms with van der Waals surface area (Å²) >= 11 is 0.